The van der Waals surface area contributed by atoms with Crippen LogP contribution in [0, 0.1) is 6.92 Å². The number of anilines is 2. The number of amides is 2. The molecular weight excluding hydrogens is 396 g/mol. The van der Waals surface area contributed by atoms with Crippen molar-refractivity contribution in [3.05, 3.63) is 42.0 Å². The zero-order chi connectivity index (χ0) is 21.2. The van der Waals surface area contributed by atoms with Crippen LogP contribution in [0.15, 0.2) is 41.3 Å². The highest BCUT2D eigenvalue weighted by molar-refractivity contribution is 7.92. The van der Waals surface area contributed by atoms with Crippen LogP contribution in [-0.2, 0) is 19.4 Å². The first-order chi connectivity index (χ1) is 13.7. The van der Waals surface area contributed by atoms with Gasteiger partial charge < -0.3 is 20.1 Å². The molecule has 0 spiro atoms. The number of benzene rings is 2. The summed E-state index contributed by atoms with van der Waals surface area (Å²) < 4.78 is 36.5. The van der Waals surface area contributed by atoms with Crippen LogP contribution in [0.2, 0.25) is 0 Å². The van der Waals surface area contributed by atoms with E-state index in [2.05, 4.69) is 10.6 Å². The molecule has 0 fully saturated rings. The van der Waals surface area contributed by atoms with E-state index in [4.69, 9.17) is 9.47 Å². The van der Waals surface area contributed by atoms with E-state index in [-0.39, 0.29) is 23.8 Å². The van der Waals surface area contributed by atoms with Crippen molar-refractivity contribution in [1.82, 2.24) is 0 Å². The summed E-state index contributed by atoms with van der Waals surface area (Å²) in [5.74, 6) is 0.158. The van der Waals surface area contributed by atoms with Crippen LogP contribution in [0.4, 0.5) is 11.4 Å². The molecule has 1 aliphatic rings. The number of carbonyl (C=O) groups is 2. The van der Waals surface area contributed by atoms with E-state index in [0.29, 0.717) is 28.4 Å². The highest BCUT2D eigenvalue weighted by Gasteiger charge is 2.29. The second-order valence-corrected chi connectivity index (χ2v) is 9.13. The predicted octanol–water partition coefficient (Wildman–Crippen LogP) is 2.53. The van der Waals surface area contributed by atoms with E-state index >= 15 is 0 Å². The predicted molar refractivity (Wildman–Crippen MR) is 108 cm³/mol. The summed E-state index contributed by atoms with van der Waals surface area (Å²) >= 11 is 0. The topological polar surface area (TPSA) is 111 Å². The Hall–Kier alpha value is -3.07. The van der Waals surface area contributed by atoms with Crippen molar-refractivity contribution in [2.75, 3.05) is 24.4 Å². The fourth-order valence-electron chi connectivity index (χ4n) is 3.02. The Labute approximate surface area is 169 Å². The van der Waals surface area contributed by atoms with E-state index in [0.717, 1.165) is 0 Å². The number of carbonyl (C=O) groups excluding carboxylic acids is 2. The number of nitrogens with one attached hydrogen (secondary N) is 2. The monoisotopic (exact) mass is 418 g/mol. The lowest BCUT2D eigenvalue weighted by atomic mass is 10.2. The van der Waals surface area contributed by atoms with Gasteiger partial charge in [-0.05, 0) is 37.6 Å². The molecule has 2 aromatic carbocycles. The number of aryl methyl sites for hydroxylation is 1. The van der Waals surface area contributed by atoms with E-state index in [1.807, 2.05) is 0 Å². The summed E-state index contributed by atoms with van der Waals surface area (Å²) in [6, 6.07) is 9.77. The molecule has 8 nitrogen and oxygen atoms in total. The van der Waals surface area contributed by atoms with Crippen molar-refractivity contribution < 1.29 is 27.5 Å². The summed E-state index contributed by atoms with van der Waals surface area (Å²) in [7, 11) is -2.28. The van der Waals surface area contributed by atoms with Crippen LogP contribution in [-0.4, -0.2) is 39.2 Å². The molecule has 1 atom stereocenters. The molecule has 2 N–H and O–H groups in total. The Balaban J connectivity index is 1.77. The average molecular weight is 418 g/mol. The molecular formula is C20H22N2O6S. The van der Waals surface area contributed by atoms with Crippen LogP contribution < -0.4 is 20.1 Å². The molecule has 29 heavy (non-hydrogen) atoms. The highest BCUT2D eigenvalue weighted by atomic mass is 32.2. The Bertz CT molecular complexity index is 1060. The average Bonchev–Trinajstić information content (AvgIpc) is 2.67. The molecule has 0 saturated heterocycles. The maximum Gasteiger partial charge on any atom is 0.262 e. The van der Waals surface area contributed by atoms with Crippen molar-refractivity contribution in [1.29, 1.82) is 0 Å². The SMILES string of the molecule is COc1cccc(NC(=O)CC(C)S(=O)(=O)c2cc3c(cc2C)NC(=O)CO3)c1. The normalized spacial score (nSPS) is 14.2. The van der Waals surface area contributed by atoms with Crippen molar-refractivity contribution in [2.24, 2.45) is 0 Å². The molecule has 2 amide bonds. The molecule has 154 valence electrons. The number of ether oxygens (including phenoxy) is 2. The Kier molecular flexibility index (Phi) is 5.78. The number of rotatable bonds is 6. The van der Waals surface area contributed by atoms with Crippen LogP contribution in [0.3, 0.4) is 0 Å². The minimum atomic E-state index is -3.80. The number of hydrogen-bond donors (Lipinski definition) is 2. The summed E-state index contributed by atoms with van der Waals surface area (Å²) in [5.41, 5.74) is 1.42. The summed E-state index contributed by atoms with van der Waals surface area (Å²) in [4.78, 5) is 23.9. The standard InChI is InChI=1S/C20H22N2O6S/c1-12-7-16-17(28-11-20(24)22-16)10-18(12)29(25,26)13(2)8-19(23)21-14-5-4-6-15(9-14)27-3/h4-7,9-10,13H,8,11H2,1-3H3,(H,21,23)(H,22,24). The van der Waals surface area contributed by atoms with Crippen LogP contribution in [0.5, 0.6) is 11.5 Å². The smallest absolute Gasteiger partial charge is 0.262 e. The Morgan fingerprint density at radius 1 is 1.31 bits per heavy atom. The van der Waals surface area contributed by atoms with Gasteiger partial charge in [0.05, 0.1) is 22.9 Å². The van der Waals surface area contributed by atoms with Gasteiger partial charge in [0.25, 0.3) is 5.91 Å². The molecule has 1 heterocycles. The first-order valence-electron chi connectivity index (χ1n) is 8.96. The summed E-state index contributed by atoms with van der Waals surface area (Å²) in [6.45, 7) is 2.95. The molecule has 1 unspecified atom stereocenters. The first kappa shape index (κ1) is 20.7. The summed E-state index contributed by atoms with van der Waals surface area (Å²) in [6.07, 6.45) is -0.215. The minimum absolute atomic E-state index is 0.0779. The third-order valence-corrected chi connectivity index (χ3v) is 6.85. The maximum absolute atomic E-state index is 13.0. The van der Waals surface area contributed by atoms with Crippen LogP contribution >= 0.6 is 0 Å². The number of methoxy groups -OCH3 is 1. The lowest BCUT2D eigenvalue weighted by Gasteiger charge is -2.21. The third kappa shape index (κ3) is 4.51. The van der Waals surface area contributed by atoms with Crippen LogP contribution in [0.1, 0.15) is 18.9 Å². The van der Waals surface area contributed by atoms with Gasteiger partial charge in [-0.2, -0.15) is 0 Å². The van der Waals surface area contributed by atoms with Gasteiger partial charge in [0.2, 0.25) is 5.91 Å². The Morgan fingerprint density at radius 3 is 2.79 bits per heavy atom. The van der Waals surface area contributed by atoms with E-state index in [9.17, 15) is 18.0 Å². The second-order valence-electron chi connectivity index (χ2n) is 6.79. The van der Waals surface area contributed by atoms with E-state index < -0.39 is 21.0 Å². The van der Waals surface area contributed by atoms with Gasteiger partial charge >= 0.3 is 0 Å². The molecule has 0 aromatic heterocycles. The number of hydrogen-bond acceptors (Lipinski definition) is 6. The van der Waals surface area contributed by atoms with Crippen LogP contribution in [0.25, 0.3) is 0 Å². The van der Waals surface area contributed by atoms with Crippen molar-refractivity contribution in [3.8, 4) is 11.5 Å². The summed E-state index contributed by atoms with van der Waals surface area (Å²) in [5, 5.41) is 4.37. The second kappa shape index (κ2) is 8.12. The van der Waals surface area contributed by atoms with Gasteiger partial charge in [0.1, 0.15) is 11.5 Å². The lowest BCUT2D eigenvalue weighted by Crippen LogP contribution is -2.27. The van der Waals surface area contributed by atoms with Crippen molar-refractivity contribution in [2.45, 2.75) is 30.4 Å². The van der Waals surface area contributed by atoms with E-state index in [1.54, 1.807) is 37.3 Å². The van der Waals surface area contributed by atoms with Gasteiger partial charge in [0, 0.05) is 24.2 Å². The zero-order valence-corrected chi connectivity index (χ0v) is 17.1. The molecule has 0 saturated carbocycles. The van der Waals surface area contributed by atoms with Gasteiger partial charge in [-0.15, -0.1) is 0 Å². The number of sulfone groups is 1. The maximum atomic E-state index is 13.0. The Morgan fingerprint density at radius 2 is 2.07 bits per heavy atom. The fourth-order valence-corrected chi connectivity index (χ4v) is 4.61. The molecule has 1 aliphatic heterocycles. The third-order valence-electron chi connectivity index (χ3n) is 4.57. The minimum Gasteiger partial charge on any atom is -0.497 e. The molecule has 0 bridgehead atoms. The van der Waals surface area contributed by atoms with Gasteiger partial charge in [-0.3, -0.25) is 9.59 Å². The molecule has 0 radical (unpaired) electrons. The first-order valence-corrected chi connectivity index (χ1v) is 10.5. The lowest BCUT2D eigenvalue weighted by molar-refractivity contribution is -0.118. The molecule has 2 aromatic rings. The molecule has 0 aliphatic carbocycles. The number of fused-ring (bicyclic) bond motifs is 1. The molecule has 3 rings (SSSR count). The fraction of sp³-hybridized carbons (Fsp3) is 0.300. The van der Waals surface area contributed by atoms with Gasteiger partial charge in [-0.25, -0.2) is 8.42 Å². The quantitative estimate of drug-likeness (QED) is 0.746. The van der Waals surface area contributed by atoms with Crippen molar-refractivity contribution >= 4 is 33.0 Å². The largest absolute Gasteiger partial charge is 0.497 e. The highest BCUT2D eigenvalue weighted by Crippen LogP contribution is 2.34. The van der Waals surface area contributed by atoms with Crippen molar-refractivity contribution in [3.63, 3.8) is 0 Å². The van der Waals surface area contributed by atoms with Gasteiger partial charge in [-0.1, -0.05) is 6.07 Å². The zero-order valence-electron chi connectivity index (χ0n) is 16.3. The van der Waals surface area contributed by atoms with E-state index in [1.165, 1.54) is 20.1 Å². The van der Waals surface area contributed by atoms with Gasteiger partial charge in [0.15, 0.2) is 16.4 Å². The molecule has 9 heteroatoms.